The Morgan fingerprint density at radius 3 is 2.59 bits per heavy atom. The summed E-state index contributed by atoms with van der Waals surface area (Å²) >= 11 is 0. The van der Waals surface area contributed by atoms with Crippen molar-refractivity contribution >= 4 is 12.4 Å². The second-order valence-electron chi connectivity index (χ2n) is 4.42. The zero-order chi connectivity index (χ0) is 11.5. The minimum atomic E-state index is -0.468. The Morgan fingerprint density at radius 2 is 2.00 bits per heavy atom. The van der Waals surface area contributed by atoms with E-state index in [9.17, 15) is 4.39 Å². The zero-order valence-corrected chi connectivity index (χ0v) is 10.3. The predicted octanol–water partition coefficient (Wildman–Crippen LogP) is 3.31. The molecule has 2 nitrogen and oxygen atoms in total. The van der Waals surface area contributed by atoms with Crippen molar-refractivity contribution in [2.75, 3.05) is 0 Å². The van der Waals surface area contributed by atoms with Crippen molar-refractivity contribution < 1.29 is 4.39 Å². The molecule has 2 rings (SSSR count). The summed E-state index contributed by atoms with van der Waals surface area (Å²) in [6.07, 6.45) is 4.73. The quantitative estimate of drug-likeness (QED) is 0.880. The van der Waals surface area contributed by atoms with E-state index in [1.165, 1.54) is 18.9 Å². The van der Waals surface area contributed by atoms with E-state index in [1.54, 1.807) is 12.1 Å². The lowest BCUT2D eigenvalue weighted by atomic mass is 9.91. The second kappa shape index (κ2) is 6.00. The van der Waals surface area contributed by atoms with Crippen molar-refractivity contribution in [3.05, 3.63) is 35.1 Å². The highest BCUT2D eigenvalue weighted by molar-refractivity contribution is 5.85. The predicted molar refractivity (Wildman–Crippen MR) is 67.2 cm³/mol. The standard InChI is InChI=1S/C13H15FN2.ClH/c14-12-6-5-10(7-11(12)8-15)13(16)9-3-1-2-4-9;/h5-7,9,13H,1-4,16H2;1H/t13-;/m0./s1. The molecule has 1 aliphatic carbocycles. The van der Waals surface area contributed by atoms with Crippen LogP contribution in [0.25, 0.3) is 0 Å². The number of nitrogens with two attached hydrogens (primary N) is 1. The Kier molecular flexibility index (Phi) is 4.92. The number of hydrogen-bond donors (Lipinski definition) is 1. The summed E-state index contributed by atoms with van der Waals surface area (Å²) in [7, 11) is 0. The second-order valence-corrected chi connectivity index (χ2v) is 4.42. The van der Waals surface area contributed by atoms with Crippen LogP contribution in [-0.4, -0.2) is 0 Å². The van der Waals surface area contributed by atoms with Crippen molar-refractivity contribution in [1.29, 1.82) is 5.26 Å². The van der Waals surface area contributed by atoms with Crippen LogP contribution >= 0.6 is 12.4 Å². The molecule has 92 valence electrons. The fraction of sp³-hybridized carbons (Fsp3) is 0.462. The van der Waals surface area contributed by atoms with Crippen LogP contribution in [0.5, 0.6) is 0 Å². The van der Waals surface area contributed by atoms with Gasteiger partial charge in [-0.05, 0) is 36.5 Å². The maximum absolute atomic E-state index is 13.1. The Morgan fingerprint density at radius 1 is 1.35 bits per heavy atom. The van der Waals surface area contributed by atoms with Crippen LogP contribution in [0.15, 0.2) is 18.2 Å². The summed E-state index contributed by atoms with van der Waals surface area (Å²) in [5.74, 6) is 0.0156. The number of halogens is 2. The summed E-state index contributed by atoms with van der Waals surface area (Å²) in [5, 5.41) is 8.76. The fourth-order valence-corrected chi connectivity index (χ4v) is 2.42. The number of rotatable bonds is 2. The van der Waals surface area contributed by atoms with Crippen LogP contribution in [-0.2, 0) is 0 Å². The Balaban J connectivity index is 0.00000144. The molecule has 0 amide bonds. The molecule has 0 aliphatic heterocycles. The zero-order valence-electron chi connectivity index (χ0n) is 9.53. The van der Waals surface area contributed by atoms with Crippen molar-refractivity contribution in [3.8, 4) is 6.07 Å². The van der Waals surface area contributed by atoms with Gasteiger partial charge in [0, 0.05) is 6.04 Å². The molecule has 0 spiro atoms. The largest absolute Gasteiger partial charge is 0.324 e. The molecule has 1 saturated carbocycles. The molecular formula is C13H16ClFN2. The maximum atomic E-state index is 13.1. The number of hydrogen-bond acceptors (Lipinski definition) is 2. The molecule has 1 fully saturated rings. The molecule has 1 aromatic carbocycles. The van der Waals surface area contributed by atoms with Gasteiger partial charge >= 0.3 is 0 Å². The topological polar surface area (TPSA) is 49.8 Å². The van der Waals surface area contributed by atoms with Crippen LogP contribution in [0.1, 0.15) is 42.9 Å². The minimum absolute atomic E-state index is 0. The van der Waals surface area contributed by atoms with Gasteiger partial charge in [-0.2, -0.15) is 5.26 Å². The van der Waals surface area contributed by atoms with E-state index in [2.05, 4.69) is 0 Å². The monoisotopic (exact) mass is 254 g/mol. The van der Waals surface area contributed by atoms with Gasteiger partial charge in [0.1, 0.15) is 11.9 Å². The van der Waals surface area contributed by atoms with Gasteiger partial charge in [0.2, 0.25) is 0 Å². The summed E-state index contributed by atoms with van der Waals surface area (Å²) in [6, 6.07) is 6.40. The first-order valence-corrected chi connectivity index (χ1v) is 5.67. The molecule has 0 saturated heterocycles. The van der Waals surface area contributed by atoms with Crippen LogP contribution in [0.4, 0.5) is 4.39 Å². The van der Waals surface area contributed by atoms with Crippen molar-refractivity contribution in [3.63, 3.8) is 0 Å². The summed E-state index contributed by atoms with van der Waals surface area (Å²) in [4.78, 5) is 0. The van der Waals surface area contributed by atoms with E-state index in [4.69, 9.17) is 11.0 Å². The molecule has 1 atom stereocenters. The van der Waals surface area contributed by atoms with Crippen molar-refractivity contribution in [2.45, 2.75) is 31.7 Å². The number of benzene rings is 1. The molecule has 0 radical (unpaired) electrons. The lowest BCUT2D eigenvalue weighted by Crippen LogP contribution is -2.19. The molecule has 4 heteroatoms. The smallest absolute Gasteiger partial charge is 0.140 e. The molecule has 1 aliphatic rings. The molecule has 17 heavy (non-hydrogen) atoms. The highest BCUT2D eigenvalue weighted by Crippen LogP contribution is 2.34. The van der Waals surface area contributed by atoms with Gasteiger partial charge in [-0.25, -0.2) is 4.39 Å². The third-order valence-corrected chi connectivity index (χ3v) is 3.40. The van der Waals surface area contributed by atoms with Crippen LogP contribution in [0.2, 0.25) is 0 Å². The lowest BCUT2D eigenvalue weighted by Gasteiger charge is -2.19. The molecule has 0 aromatic heterocycles. The first kappa shape index (κ1) is 14.0. The molecular weight excluding hydrogens is 239 g/mol. The molecule has 1 aromatic rings. The Hall–Kier alpha value is -1.11. The highest BCUT2D eigenvalue weighted by Gasteiger charge is 2.23. The lowest BCUT2D eigenvalue weighted by molar-refractivity contribution is 0.444. The van der Waals surface area contributed by atoms with Crippen LogP contribution in [0.3, 0.4) is 0 Å². The number of nitriles is 1. The Bertz CT molecular complexity index is 422. The average molecular weight is 255 g/mol. The van der Waals surface area contributed by atoms with E-state index in [1.807, 2.05) is 6.07 Å². The van der Waals surface area contributed by atoms with Crippen molar-refractivity contribution in [1.82, 2.24) is 0 Å². The molecule has 2 N–H and O–H groups in total. The van der Waals surface area contributed by atoms with Gasteiger partial charge in [0.05, 0.1) is 5.56 Å². The average Bonchev–Trinajstić information content (AvgIpc) is 2.82. The normalized spacial score (nSPS) is 17.2. The van der Waals surface area contributed by atoms with Crippen molar-refractivity contribution in [2.24, 2.45) is 11.7 Å². The SMILES string of the molecule is Cl.N#Cc1cc([C@@H](N)C2CCCC2)ccc1F. The van der Waals surface area contributed by atoms with Gasteiger partial charge in [-0.3, -0.25) is 0 Å². The van der Waals surface area contributed by atoms with Gasteiger partial charge in [-0.1, -0.05) is 18.9 Å². The van der Waals surface area contributed by atoms with Gasteiger partial charge in [-0.15, -0.1) is 12.4 Å². The first-order chi connectivity index (χ1) is 7.72. The van der Waals surface area contributed by atoms with E-state index in [0.29, 0.717) is 5.92 Å². The molecule has 0 unspecified atom stereocenters. The summed E-state index contributed by atoms with van der Waals surface area (Å²) in [6.45, 7) is 0. The van der Waals surface area contributed by atoms with Gasteiger partial charge in [0.25, 0.3) is 0 Å². The third-order valence-electron chi connectivity index (χ3n) is 3.40. The van der Waals surface area contributed by atoms with E-state index >= 15 is 0 Å². The maximum Gasteiger partial charge on any atom is 0.140 e. The Labute approximate surface area is 107 Å². The minimum Gasteiger partial charge on any atom is -0.324 e. The van der Waals surface area contributed by atoms with E-state index in [0.717, 1.165) is 18.4 Å². The summed E-state index contributed by atoms with van der Waals surface area (Å²) in [5.41, 5.74) is 7.11. The van der Waals surface area contributed by atoms with E-state index < -0.39 is 5.82 Å². The third kappa shape index (κ3) is 2.96. The number of nitrogens with zero attached hydrogens (tertiary/aromatic N) is 1. The van der Waals surface area contributed by atoms with Crippen LogP contribution < -0.4 is 5.73 Å². The van der Waals surface area contributed by atoms with Gasteiger partial charge in [0.15, 0.2) is 0 Å². The first-order valence-electron chi connectivity index (χ1n) is 5.67. The fourth-order valence-electron chi connectivity index (χ4n) is 2.42. The highest BCUT2D eigenvalue weighted by atomic mass is 35.5. The van der Waals surface area contributed by atoms with Gasteiger partial charge < -0.3 is 5.73 Å². The molecule has 0 bridgehead atoms. The van der Waals surface area contributed by atoms with E-state index in [-0.39, 0.29) is 24.0 Å². The molecule has 0 heterocycles. The van der Waals surface area contributed by atoms with Crippen LogP contribution in [0, 0.1) is 23.1 Å². The summed E-state index contributed by atoms with van der Waals surface area (Å²) < 4.78 is 13.1.